The van der Waals surface area contributed by atoms with Crippen molar-refractivity contribution < 1.29 is 39.4 Å². The molecule has 4 N–H and O–H groups in total. The molecule has 210 valence electrons. The lowest BCUT2D eigenvalue weighted by Gasteiger charge is -2.43. The van der Waals surface area contributed by atoms with Gasteiger partial charge in [-0.05, 0) is 79.6 Å². The Morgan fingerprint density at radius 1 is 1.10 bits per heavy atom. The SMILES string of the molecule is CC/C(=C\c1ccc(O)cc1)CC[C@H]1OB(O)C[C@H]2C1=C(CO)C[C@H]1C(=O)N(CCCCCC(=O)O)C(=O)[C@H]12. The van der Waals surface area contributed by atoms with E-state index < -0.39 is 31.0 Å². The number of aromatic hydroxyl groups is 1. The van der Waals surface area contributed by atoms with Crippen LogP contribution >= 0.6 is 0 Å². The van der Waals surface area contributed by atoms with Crippen molar-refractivity contribution in [3.63, 3.8) is 0 Å². The first kappa shape index (κ1) is 29.0. The van der Waals surface area contributed by atoms with E-state index in [1.807, 2.05) is 12.1 Å². The van der Waals surface area contributed by atoms with Gasteiger partial charge in [0.25, 0.3) is 0 Å². The maximum Gasteiger partial charge on any atom is 0.455 e. The lowest BCUT2D eigenvalue weighted by atomic mass is 9.58. The third-order valence-corrected chi connectivity index (χ3v) is 8.31. The summed E-state index contributed by atoms with van der Waals surface area (Å²) in [4.78, 5) is 38.8. The summed E-state index contributed by atoms with van der Waals surface area (Å²) in [6.07, 6.45) is 5.88. The molecule has 3 aliphatic rings. The second-order valence-electron chi connectivity index (χ2n) is 10.8. The van der Waals surface area contributed by atoms with Crippen molar-refractivity contribution in [1.29, 1.82) is 0 Å². The van der Waals surface area contributed by atoms with Crippen molar-refractivity contribution >= 4 is 31.0 Å². The Balaban J connectivity index is 1.49. The van der Waals surface area contributed by atoms with Gasteiger partial charge in [0.2, 0.25) is 11.8 Å². The number of likely N-dealkylation sites (tertiary alicyclic amines) is 1. The predicted molar refractivity (Wildman–Crippen MR) is 145 cm³/mol. The fourth-order valence-corrected chi connectivity index (χ4v) is 6.39. The van der Waals surface area contributed by atoms with Gasteiger partial charge >= 0.3 is 13.1 Å². The van der Waals surface area contributed by atoms with Gasteiger partial charge in [-0.2, -0.15) is 0 Å². The molecule has 1 aromatic rings. The number of aliphatic hydroxyl groups is 1. The number of carbonyl (C=O) groups excluding carboxylic acids is 2. The number of unbranched alkanes of at least 4 members (excludes halogenated alkanes) is 2. The molecule has 1 aliphatic carbocycles. The Hall–Kier alpha value is -2.95. The van der Waals surface area contributed by atoms with E-state index in [2.05, 4.69) is 13.0 Å². The van der Waals surface area contributed by atoms with Crippen molar-refractivity contribution in [1.82, 2.24) is 4.90 Å². The lowest BCUT2D eigenvalue weighted by molar-refractivity contribution is -0.141. The number of rotatable bonds is 12. The molecule has 9 nitrogen and oxygen atoms in total. The minimum Gasteiger partial charge on any atom is -0.508 e. The third kappa shape index (κ3) is 6.62. The molecule has 4 atom stereocenters. The number of aliphatic hydroxyl groups excluding tert-OH is 1. The number of aliphatic carboxylic acids is 1. The predicted octanol–water partition coefficient (Wildman–Crippen LogP) is 3.40. The summed E-state index contributed by atoms with van der Waals surface area (Å²) in [5.74, 6) is -2.65. The third-order valence-electron chi connectivity index (χ3n) is 8.31. The van der Waals surface area contributed by atoms with E-state index >= 15 is 0 Å². The first-order valence-corrected chi connectivity index (χ1v) is 13.9. The van der Waals surface area contributed by atoms with Gasteiger partial charge in [-0.1, -0.05) is 37.1 Å². The van der Waals surface area contributed by atoms with Crippen molar-refractivity contribution in [3.05, 3.63) is 46.5 Å². The minimum absolute atomic E-state index is 0.0610. The van der Waals surface area contributed by atoms with Gasteiger partial charge in [0.1, 0.15) is 5.75 Å². The van der Waals surface area contributed by atoms with E-state index in [4.69, 9.17) is 9.76 Å². The van der Waals surface area contributed by atoms with Gasteiger partial charge < -0.3 is 25.0 Å². The number of imide groups is 1. The Morgan fingerprint density at radius 2 is 1.85 bits per heavy atom. The summed E-state index contributed by atoms with van der Waals surface area (Å²) in [5.41, 5.74) is 3.72. The van der Waals surface area contributed by atoms with Gasteiger partial charge in [-0.25, -0.2) is 0 Å². The number of hydrogen-bond acceptors (Lipinski definition) is 7. The number of amides is 2. The molecular formula is C29H38BNO8. The zero-order chi connectivity index (χ0) is 28.1. The van der Waals surface area contributed by atoms with E-state index in [0.717, 1.165) is 23.1 Å². The number of allylic oxidation sites excluding steroid dienone is 1. The molecule has 0 radical (unpaired) electrons. The number of carboxylic acids is 1. The van der Waals surface area contributed by atoms with E-state index in [1.165, 1.54) is 10.5 Å². The Kier molecular flexibility index (Phi) is 9.64. The second kappa shape index (κ2) is 12.9. The van der Waals surface area contributed by atoms with Crippen LogP contribution in [0.4, 0.5) is 0 Å². The molecule has 0 spiro atoms. The number of carbonyl (C=O) groups is 3. The topological polar surface area (TPSA) is 145 Å². The molecule has 0 saturated carbocycles. The van der Waals surface area contributed by atoms with Crippen LogP contribution in [0, 0.1) is 17.8 Å². The van der Waals surface area contributed by atoms with Crippen LogP contribution in [-0.2, 0) is 19.0 Å². The zero-order valence-corrected chi connectivity index (χ0v) is 22.4. The molecule has 2 aliphatic heterocycles. The smallest absolute Gasteiger partial charge is 0.455 e. The van der Waals surface area contributed by atoms with Crippen LogP contribution in [-0.4, -0.2) is 69.4 Å². The maximum absolute atomic E-state index is 13.5. The second-order valence-corrected chi connectivity index (χ2v) is 10.8. The Bertz CT molecular complexity index is 1130. The van der Waals surface area contributed by atoms with Crippen molar-refractivity contribution in [2.75, 3.05) is 13.2 Å². The van der Waals surface area contributed by atoms with E-state index in [-0.39, 0.29) is 49.4 Å². The molecule has 10 heteroatoms. The number of fused-ring (bicyclic) bond motifs is 3. The minimum atomic E-state index is -1.07. The van der Waals surface area contributed by atoms with Crippen LogP contribution in [0.2, 0.25) is 6.32 Å². The zero-order valence-electron chi connectivity index (χ0n) is 22.4. The average Bonchev–Trinajstić information content (AvgIpc) is 3.15. The van der Waals surface area contributed by atoms with Crippen molar-refractivity contribution in [3.8, 4) is 5.75 Å². The number of nitrogens with zero attached hydrogens (tertiary/aromatic N) is 1. The molecule has 0 bridgehead atoms. The van der Waals surface area contributed by atoms with Gasteiger partial charge in [0.15, 0.2) is 0 Å². The normalized spacial score (nSPS) is 25.3. The summed E-state index contributed by atoms with van der Waals surface area (Å²) >= 11 is 0. The van der Waals surface area contributed by atoms with Crippen LogP contribution in [0.3, 0.4) is 0 Å². The van der Waals surface area contributed by atoms with Gasteiger partial charge in [-0.3, -0.25) is 19.3 Å². The summed E-state index contributed by atoms with van der Waals surface area (Å²) in [7, 11) is -1.07. The summed E-state index contributed by atoms with van der Waals surface area (Å²) < 4.78 is 5.97. The maximum atomic E-state index is 13.5. The summed E-state index contributed by atoms with van der Waals surface area (Å²) in [5, 5.41) is 39.3. The molecule has 2 fully saturated rings. The monoisotopic (exact) mass is 539 g/mol. The molecule has 0 aromatic heterocycles. The standard InChI is InChI=1S/C29H38BNO8/c1-2-18(14-19-7-10-21(33)11-8-19)9-12-24-26-20(17-32)15-22-27(23(26)16-30(38)39-24)29(37)31(28(22)36)13-5-3-4-6-25(34)35/h7-8,10-11,14,22-24,27,32-33,38H,2-6,9,12-13,15-17H2,1H3,(H,34,35)/b18-14+/t22-,23+,24-,27-/m1/s1. The van der Waals surface area contributed by atoms with Gasteiger partial charge in [-0.15, -0.1) is 0 Å². The van der Waals surface area contributed by atoms with Crippen molar-refractivity contribution in [2.24, 2.45) is 17.8 Å². The molecule has 39 heavy (non-hydrogen) atoms. The number of carboxylic acid groups (broad SMARTS) is 1. The lowest BCUT2D eigenvalue weighted by Crippen LogP contribution is -2.46. The number of phenolic OH excluding ortho intramolecular Hbond substituents is 1. The van der Waals surface area contributed by atoms with Crippen LogP contribution in [0.25, 0.3) is 6.08 Å². The summed E-state index contributed by atoms with van der Waals surface area (Å²) in [6, 6.07) is 6.97. The average molecular weight is 539 g/mol. The van der Waals surface area contributed by atoms with Gasteiger partial charge in [0, 0.05) is 13.0 Å². The van der Waals surface area contributed by atoms with Crippen LogP contribution in [0.15, 0.2) is 41.0 Å². The Labute approximate surface area is 229 Å². The Morgan fingerprint density at radius 3 is 2.51 bits per heavy atom. The molecule has 2 amide bonds. The van der Waals surface area contributed by atoms with Gasteiger partial charge in [0.05, 0.1) is 24.5 Å². The summed E-state index contributed by atoms with van der Waals surface area (Å²) in [6.45, 7) is 2.09. The van der Waals surface area contributed by atoms with E-state index in [0.29, 0.717) is 38.5 Å². The fraction of sp³-hybridized carbons (Fsp3) is 0.552. The van der Waals surface area contributed by atoms with Crippen LogP contribution < -0.4 is 0 Å². The molecule has 0 unspecified atom stereocenters. The van der Waals surface area contributed by atoms with E-state index in [9.17, 15) is 29.6 Å². The molecule has 1 aromatic carbocycles. The van der Waals surface area contributed by atoms with Crippen molar-refractivity contribution in [2.45, 2.75) is 70.7 Å². The molecule has 2 heterocycles. The van der Waals surface area contributed by atoms with Crippen LogP contribution in [0.1, 0.15) is 63.9 Å². The number of hydrogen-bond donors (Lipinski definition) is 4. The molecule has 2 saturated heterocycles. The first-order valence-electron chi connectivity index (χ1n) is 13.9. The van der Waals surface area contributed by atoms with E-state index in [1.54, 1.807) is 12.1 Å². The highest BCUT2D eigenvalue weighted by Gasteiger charge is 2.57. The number of benzene rings is 1. The fourth-order valence-electron chi connectivity index (χ4n) is 6.39. The highest BCUT2D eigenvalue weighted by atomic mass is 16.5. The highest BCUT2D eigenvalue weighted by Crippen LogP contribution is 2.50. The molecule has 4 rings (SSSR count). The molecular weight excluding hydrogens is 501 g/mol. The highest BCUT2D eigenvalue weighted by molar-refractivity contribution is 6.43. The first-order chi connectivity index (χ1) is 18.7. The quantitative estimate of drug-likeness (QED) is 0.137. The van der Waals surface area contributed by atoms with Crippen LogP contribution in [0.5, 0.6) is 5.75 Å². The number of phenols is 1. The largest absolute Gasteiger partial charge is 0.508 e.